The van der Waals surface area contributed by atoms with Crippen LogP contribution < -0.4 is 10.6 Å². The number of carbonyl (C=O) groups excluding carboxylic acids is 3. The number of amides is 2. The molecule has 0 radical (unpaired) electrons. The van der Waals surface area contributed by atoms with Crippen LogP contribution in [0.1, 0.15) is 36.7 Å². The third-order valence-electron chi connectivity index (χ3n) is 4.64. The summed E-state index contributed by atoms with van der Waals surface area (Å²) in [5.74, 6) is -1.12. The van der Waals surface area contributed by atoms with Crippen molar-refractivity contribution in [3.63, 3.8) is 0 Å². The largest absolute Gasteiger partial charge is 0.454 e. The van der Waals surface area contributed by atoms with Gasteiger partial charge in [0.1, 0.15) is 6.04 Å². The first-order valence-corrected chi connectivity index (χ1v) is 9.72. The van der Waals surface area contributed by atoms with Crippen molar-refractivity contribution in [2.24, 2.45) is 5.92 Å². The Kier molecular flexibility index (Phi) is 8.40. The molecule has 2 atom stereocenters. The maximum absolute atomic E-state index is 12.6. The molecule has 0 aliphatic heterocycles. The van der Waals surface area contributed by atoms with Gasteiger partial charge in [-0.05, 0) is 30.5 Å². The monoisotopic (exact) mass is 396 g/mol. The zero-order valence-corrected chi connectivity index (χ0v) is 17.1. The van der Waals surface area contributed by atoms with Gasteiger partial charge in [-0.15, -0.1) is 0 Å². The number of hydrogen-bond acceptors (Lipinski definition) is 4. The molecule has 0 saturated heterocycles. The van der Waals surface area contributed by atoms with E-state index in [9.17, 15) is 14.4 Å². The lowest BCUT2D eigenvalue weighted by atomic mass is 10.1. The Bertz CT molecular complexity index is 806. The smallest absolute Gasteiger partial charge is 0.329 e. The summed E-state index contributed by atoms with van der Waals surface area (Å²) in [6.45, 7) is 5.49. The summed E-state index contributed by atoms with van der Waals surface area (Å²) in [4.78, 5) is 37.1. The van der Waals surface area contributed by atoms with Gasteiger partial charge in [0.15, 0.2) is 6.61 Å². The summed E-state index contributed by atoms with van der Waals surface area (Å²) in [5, 5.41) is 5.51. The van der Waals surface area contributed by atoms with E-state index in [2.05, 4.69) is 10.6 Å². The maximum Gasteiger partial charge on any atom is 0.329 e. The Morgan fingerprint density at radius 2 is 1.45 bits per heavy atom. The highest BCUT2D eigenvalue weighted by Crippen LogP contribution is 2.07. The standard InChI is InChI=1S/C23H28N2O4/c1-16(2)17(3)24-21(26)15-29-23(28)20(14-18-10-6-4-7-11-18)25-22(27)19-12-8-5-9-13-19/h4-13,16-17,20H,14-15H2,1-3H3,(H,24,26)(H,25,27). The third kappa shape index (κ3) is 7.41. The number of benzene rings is 2. The van der Waals surface area contributed by atoms with Crippen molar-refractivity contribution in [3.05, 3.63) is 71.8 Å². The predicted octanol–water partition coefficient (Wildman–Crippen LogP) is 2.73. The molecular weight excluding hydrogens is 368 g/mol. The molecule has 29 heavy (non-hydrogen) atoms. The van der Waals surface area contributed by atoms with E-state index in [0.29, 0.717) is 5.56 Å². The van der Waals surface area contributed by atoms with Crippen molar-refractivity contribution in [1.82, 2.24) is 10.6 Å². The highest BCUT2D eigenvalue weighted by atomic mass is 16.5. The van der Waals surface area contributed by atoms with Crippen LogP contribution in [0.15, 0.2) is 60.7 Å². The van der Waals surface area contributed by atoms with Gasteiger partial charge in [-0.3, -0.25) is 9.59 Å². The van der Waals surface area contributed by atoms with Crippen LogP contribution in [0.4, 0.5) is 0 Å². The van der Waals surface area contributed by atoms with E-state index < -0.39 is 12.0 Å². The van der Waals surface area contributed by atoms with Crippen LogP contribution >= 0.6 is 0 Å². The van der Waals surface area contributed by atoms with Crippen molar-refractivity contribution in [3.8, 4) is 0 Å². The molecular formula is C23H28N2O4. The number of rotatable bonds is 9. The Labute approximate surface area is 171 Å². The number of carbonyl (C=O) groups is 3. The molecule has 154 valence electrons. The SMILES string of the molecule is CC(C)C(C)NC(=O)COC(=O)C(Cc1ccccc1)NC(=O)c1ccccc1. The summed E-state index contributed by atoms with van der Waals surface area (Å²) >= 11 is 0. The minimum Gasteiger partial charge on any atom is -0.454 e. The summed E-state index contributed by atoms with van der Waals surface area (Å²) in [7, 11) is 0. The van der Waals surface area contributed by atoms with Gasteiger partial charge in [-0.2, -0.15) is 0 Å². The van der Waals surface area contributed by atoms with Crippen molar-refractivity contribution >= 4 is 17.8 Å². The molecule has 0 spiro atoms. The molecule has 0 aliphatic carbocycles. The van der Waals surface area contributed by atoms with Crippen LogP contribution in [-0.4, -0.2) is 36.5 Å². The van der Waals surface area contributed by atoms with E-state index in [1.54, 1.807) is 24.3 Å². The topological polar surface area (TPSA) is 84.5 Å². The second kappa shape index (κ2) is 11.0. The molecule has 0 saturated carbocycles. The van der Waals surface area contributed by atoms with Gasteiger partial charge < -0.3 is 15.4 Å². The molecule has 6 heteroatoms. The molecule has 2 amide bonds. The van der Waals surface area contributed by atoms with Crippen molar-refractivity contribution in [2.45, 2.75) is 39.3 Å². The third-order valence-corrected chi connectivity index (χ3v) is 4.64. The Balaban J connectivity index is 2.02. The first kappa shape index (κ1) is 22.1. The molecule has 0 aromatic heterocycles. The Morgan fingerprint density at radius 3 is 2.03 bits per heavy atom. The van der Waals surface area contributed by atoms with Gasteiger partial charge in [-0.1, -0.05) is 62.4 Å². The average molecular weight is 396 g/mol. The highest BCUT2D eigenvalue weighted by molar-refractivity contribution is 5.97. The fraction of sp³-hybridized carbons (Fsp3) is 0.348. The van der Waals surface area contributed by atoms with Crippen LogP contribution in [0.2, 0.25) is 0 Å². The van der Waals surface area contributed by atoms with E-state index in [4.69, 9.17) is 4.74 Å². The second-order valence-electron chi connectivity index (χ2n) is 7.29. The molecule has 0 aliphatic rings. The average Bonchev–Trinajstić information content (AvgIpc) is 2.72. The number of hydrogen-bond donors (Lipinski definition) is 2. The number of ether oxygens (including phenoxy) is 1. The predicted molar refractivity (Wildman–Crippen MR) is 111 cm³/mol. The number of esters is 1. The summed E-state index contributed by atoms with van der Waals surface area (Å²) in [6.07, 6.45) is 0.266. The lowest BCUT2D eigenvalue weighted by molar-refractivity contribution is -0.150. The molecule has 6 nitrogen and oxygen atoms in total. The Morgan fingerprint density at radius 1 is 0.862 bits per heavy atom. The van der Waals surface area contributed by atoms with Crippen molar-refractivity contribution in [1.29, 1.82) is 0 Å². The van der Waals surface area contributed by atoms with Crippen LogP contribution in [-0.2, 0) is 20.7 Å². The second-order valence-corrected chi connectivity index (χ2v) is 7.29. The lowest BCUT2D eigenvalue weighted by Crippen LogP contribution is -2.45. The highest BCUT2D eigenvalue weighted by Gasteiger charge is 2.24. The fourth-order valence-electron chi connectivity index (χ4n) is 2.57. The van der Waals surface area contributed by atoms with E-state index in [1.807, 2.05) is 57.2 Å². The van der Waals surface area contributed by atoms with Crippen LogP contribution in [0.3, 0.4) is 0 Å². The van der Waals surface area contributed by atoms with Crippen LogP contribution in [0, 0.1) is 5.92 Å². The summed E-state index contributed by atoms with van der Waals surface area (Å²) < 4.78 is 5.19. The molecule has 0 bridgehead atoms. The van der Waals surface area contributed by atoms with E-state index in [1.165, 1.54) is 0 Å². The maximum atomic E-state index is 12.6. The summed E-state index contributed by atoms with van der Waals surface area (Å²) in [6, 6.07) is 17.0. The molecule has 2 unspecified atom stereocenters. The van der Waals surface area contributed by atoms with Gasteiger partial charge in [0.25, 0.3) is 11.8 Å². The molecule has 2 aromatic rings. The van der Waals surface area contributed by atoms with E-state index in [0.717, 1.165) is 5.56 Å². The summed E-state index contributed by atoms with van der Waals surface area (Å²) in [5.41, 5.74) is 1.32. The fourth-order valence-corrected chi connectivity index (χ4v) is 2.57. The zero-order chi connectivity index (χ0) is 21.2. The van der Waals surface area contributed by atoms with Crippen molar-refractivity contribution < 1.29 is 19.1 Å². The molecule has 2 rings (SSSR count). The van der Waals surface area contributed by atoms with Crippen LogP contribution in [0.5, 0.6) is 0 Å². The molecule has 0 heterocycles. The molecule has 2 N–H and O–H groups in total. The van der Waals surface area contributed by atoms with Gasteiger partial charge >= 0.3 is 5.97 Å². The van der Waals surface area contributed by atoms with Crippen LogP contribution in [0.25, 0.3) is 0 Å². The van der Waals surface area contributed by atoms with Gasteiger partial charge in [0, 0.05) is 18.0 Å². The first-order chi connectivity index (χ1) is 13.9. The molecule has 2 aromatic carbocycles. The van der Waals surface area contributed by atoms with E-state index in [-0.39, 0.29) is 36.8 Å². The minimum absolute atomic E-state index is 0.0286. The zero-order valence-electron chi connectivity index (χ0n) is 17.1. The van der Waals surface area contributed by atoms with Gasteiger partial charge in [-0.25, -0.2) is 4.79 Å². The first-order valence-electron chi connectivity index (χ1n) is 9.72. The number of nitrogens with one attached hydrogen (secondary N) is 2. The quantitative estimate of drug-likeness (QED) is 0.639. The molecule has 0 fully saturated rings. The minimum atomic E-state index is -0.902. The van der Waals surface area contributed by atoms with Gasteiger partial charge in [0.05, 0.1) is 0 Å². The van der Waals surface area contributed by atoms with Gasteiger partial charge in [0.2, 0.25) is 0 Å². The Hall–Kier alpha value is -3.15. The lowest BCUT2D eigenvalue weighted by Gasteiger charge is -2.20. The normalized spacial score (nSPS) is 12.7. The van der Waals surface area contributed by atoms with Crippen molar-refractivity contribution in [2.75, 3.05) is 6.61 Å². The van der Waals surface area contributed by atoms with E-state index >= 15 is 0 Å².